The molecule has 1 aromatic carbocycles. The zero-order valence-corrected chi connectivity index (χ0v) is 10.5. The van der Waals surface area contributed by atoms with Gasteiger partial charge in [-0.15, -0.1) is 0 Å². The maximum Gasteiger partial charge on any atom is 0.216 e. The van der Waals surface area contributed by atoms with Crippen LogP contribution in [0.3, 0.4) is 0 Å². The van der Waals surface area contributed by atoms with Crippen LogP contribution in [0.25, 0.3) is 16.9 Å². The van der Waals surface area contributed by atoms with Crippen LogP contribution in [-0.4, -0.2) is 19.7 Å². The Bertz CT molecular complexity index is 739. The molecule has 2 heterocycles. The number of hydrogen-bond acceptors (Lipinski definition) is 3. The summed E-state index contributed by atoms with van der Waals surface area (Å²) >= 11 is 12.0. The van der Waals surface area contributed by atoms with Gasteiger partial charge in [-0.1, -0.05) is 23.2 Å². The van der Waals surface area contributed by atoms with Crippen molar-refractivity contribution >= 4 is 28.8 Å². The molecule has 0 atom stereocenters. The SMILES string of the molecule is Oc1cc(-c2ccc(Cl)cc2Cl)nc2ccnn12. The van der Waals surface area contributed by atoms with Gasteiger partial charge in [0, 0.05) is 22.7 Å². The first kappa shape index (κ1) is 11.3. The highest BCUT2D eigenvalue weighted by Gasteiger charge is 2.10. The molecule has 0 bridgehead atoms. The third-order valence-corrected chi connectivity index (χ3v) is 3.10. The van der Waals surface area contributed by atoms with Crippen molar-refractivity contribution in [1.82, 2.24) is 14.6 Å². The summed E-state index contributed by atoms with van der Waals surface area (Å²) in [6.07, 6.45) is 1.56. The van der Waals surface area contributed by atoms with E-state index in [0.29, 0.717) is 26.9 Å². The molecular formula is C12H7Cl2N3O. The van der Waals surface area contributed by atoms with Crippen molar-refractivity contribution in [3.05, 3.63) is 46.6 Å². The molecule has 6 heteroatoms. The smallest absolute Gasteiger partial charge is 0.216 e. The molecular weight excluding hydrogens is 273 g/mol. The van der Waals surface area contributed by atoms with E-state index in [1.165, 1.54) is 10.6 Å². The van der Waals surface area contributed by atoms with Gasteiger partial charge in [0.15, 0.2) is 5.65 Å². The lowest BCUT2D eigenvalue weighted by Crippen LogP contribution is -1.93. The van der Waals surface area contributed by atoms with Gasteiger partial charge in [0.25, 0.3) is 0 Å². The number of halogens is 2. The van der Waals surface area contributed by atoms with Crippen molar-refractivity contribution in [2.75, 3.05) is 0 Å². The van der Waals surface area contributed by atoms with Crippen LogP contribution in [0.1, 0.15) is 0 Å². The van der Waals surface area contributed by atoms with Crippen molar-refractivity contribution in [2.45, 2.75) is 0 Å². The van der Waals surface area contributed by atoms with Gasteiger partial charge in [-0.3, -0.25) is 0 Å². The standard InChI is InChI=1S/C12H7Cl2N3O/c13-7-1-2-8(9(14)5-7)10-6-12(18)17-11(16-10)3-4-15-17/h1-6,18H. The van der Waals surface area contributed by atoms with Gasteiger partial charge >= 0.3 is 0 Å². The molecule has 0 aliphatic carbocycles. The van der Waals surface area contributed by atoms with Crippen LogP contribution in [0.2, 0.25) is 10.0 Å². The third-order valence-electron chi connectivity index (χ3n) is 2.55. The summed E-state index contributed by atoms with van der Waals surface area (Å²) in [4.78, 5) is 4.37. The zero-order valence-electron chi connectivity index (χ0n) is 9.01. The van der Waals surface area contributed by atoms with Gasteiger partial charge in [-0.2, -0.15) is 9.61 Å². The highest BCUT2D eigenvalue weighted by molar-refractivity contribution is 6.36. The largest absolute Gasteiger partial charge is 0.493 e. The molecule has 3 aromatic rings. The fourth-order valence-electron chi connectivity index (χ4n) is 1.73. The predicted octanol–water partition coefficient (Wildman–Crippen LogP) is 3.41. The Kier molecular flexibility index (Phi) is 2.61. The third kappa shape index (κ3) is 1.79. The van der Waals surface area contributed by atoms with E-state index < -0.39 is 0 Å². The van der Waals surface area contributed by atoms with Crippen LogP contribution >= 0.6 is 23.2 Å². The van der Waals surface area contributed by atoms with Gasteiger partial charge < -0.3 is 5.11 Å². The average molecular weight is 280 g/mol. The fourth-order valence-corrected chi connectivity index (χ4v) is 2.24. The Hall–Kier alpha value is -1.78. The summed E-state index contributed by atoms with van der Waals surface area (Å²) in [6.45, 7) is 0. The van der Waals surface area contributed by atoms with E-state index in [1.807, 2.05) is 0 Å². The molecule has 4 nitrogen and oxygen atoms in total. The first-order valence-corrected chi connectivity index (χ1v) is 5.90. The van der Waals surface area contributed by atoms with E-state index in [-0.39, 0.29) is 5.88 Å². The summed E-state index contributed by atoms with van der Waals surface area (Å²) in [6, 6.07) is 8.33. The molecule has 0 radical (unpaired) electrons. The minimum absolute atomic E-state index is 0.00557. The molecule has 0 spiro atoms. The van der Waals surface area contributed by atoms with Gasteiger partial charge in [0.2, 0.25) is 5.88 Å². The van der Waals surface area contributed by atoms with Crippen LogP contribution in [-0.2, 0) is 0 Å². The van der Waals surface area contributed by atoms with Crippen LogP contribution in [0, 0.1) is 0 Å². The van der Waals surface area contributed by atoms with E-state index in [2.05, 4.69) is 10.1 Å². The van der Waals surface area contributed by atoms with Crippen molar-refractivity contribution in [2.24, 2.45) is 0 Å². The van der Waals surface area contributed by atoms with Crippen LogP contribution in [0.4, 0.5) is 0 Å². The Balaban J connectivity index is 2.24. The summed E-state index contributed by atoms with van der Waals surface area (Å²) in [5.74, 6) is 0.00557. The molecule has 18 heavy (non-hydrogen) atoms. The van der Waals surface area contributed by atoms with Gasteiger partial charge in [0.05, 0.1) is 16.9 Å². The molecule has 3 rings (SSSR count). The number of fused-ring (bicyclic) bond motifs is 1. The molecule has 0 aliphatic rings. The van der Waals surface area contributed by atoms with Gasteiger partial charge in [-0.25, -0.2) is 4.98 Å². The first-order chi connectivity index (χ1) is 8.65. The number of nitrogens with zero attached hydrogens (tertiary/aromatic N) is 3. The second-order valence-corrected chi connectivity index (χ2v) is 4.57. The minimum Gasteiger partial charge on any atom is -0.493 e. The molecule has 2 aromatic heterocycles. The van der Waals surface area contributed by atoms with Crippen molar-refractivity contribution < 1.29 is 5.11 Å². The molecule has 0 unspecified atom stereocenters. The highest BCUT2D eigenvalue weighted by Crippen LogP contribution is 2.30. The topological polar surface area (TPSA) is 50.4 Å². The number of aromatic hydroxyl groups is 1. The normalized spacial score (nSPS) is 11.0. The van der Waals surface area contributed by atoms with Crippen LogP contribution < -0.4 is 0 Å². The molecule has 1 N–H and O–H groups in total. The maximum atomic E-state index is 9.84. The van der Waals surface area contributed by atoms with Gasteiger partial charge in [-0.05, 0) is 18.2 Å². The molecule has 0 fully saturated rings. The van der Waals surface area contributed by atoms with E-state index in [4.69, 9.17) is 23.2 Å². The molecule has 0 saturated carbocycles. The number of hydrogen-bond donors (Lipinski definition) is 1. The average Bonchev–Trinajstić information content (AvgIpc) is 2.77. The fraction of sp³-hybridized carbons (Fsp3) is 0. The van der Waals surface area contributed by atoms with Gasteiger partial charge in [0.1, 0.15) is 0 Å². The Labute approximate surface area is 112 Å². The molecule has 0 saturated heterocycles. The summed E-state index contributed by atoms with van der Waals surface area (Å²) in [7, 11) is 0. The maximum absolute atomic E-state index is 9.84. The van der Waals surface area contributed by atoms with Crippen LogP contribution in [0.15, 0.2) is 36.5 Å². The number of rotatable bonds is 1. The monoisotopic (exact) mass is 279 g/mol. The van der Waals surface area contributed by atoms with Crippen LogP contribution in [0.5, 0.6) is 5.88 Å². The second kappa shape index (κ2) is 4.15. The van der Waals surface area contributed by atoms with E-state index in [0.717, 1.165) is 0 Å². The quantitative estimate of drug-likeness (QED) is 0.743. The summed E-state index contributed by atoms with van der Waals surface area (Å²) in [5, 5.41) is 14.8. The second-order valence-electron chi connectivity index (χ2n) is 3.72. The zero-order chi connectivity index (χ0) is 12.7. The Morgan fingerprint density at radius 1 is 1.11 bits per heavy atom. The summed E-state index contributed by atoms with van der Waals surface area (Å²) < 4.78 is 1.34. The Morgan fingerprint density at radius 3 is 2.72 bits per heavy atom. The van der Waals surface area contributed by atoms with Crippen molar-refractivity contribution in [1.29, 1.82) is 0 Å². The molecule has 0 amide bonds. The first-order valence-electron chi connectivity index (χ1n) is 5.14. The van der Waals surface area contributed by atoms with E-state index in [9.17, 15) is 5.11 Å². The van der Waals surface area contributed by atoms with Crippen molar-refractivity contribution in [3.8, 4) is 17.1 Å². The highest BCUT2D eigenvalue weighted by atomic mass is 35.5. The molecule has 0 aliphatic heterocycles. The van der Waals surface area contributed by atoms with E-state index >= 15 is 0 Å². The minimum atomic E-state index is 0.00557. The number of aromatic nitrogens is 3. The summed E-state index contributed by atoms with van der Waals surface area (Å²) in [5.41, 5.74) is 1.83. The van der Waals surface area contributed by atoms with Crippen molar-refractivity contribution in [3.63, 3.8) is 0 Å². The lowest BCUT2D eigenvalue weighted by atomic mass is 10.1. The van der Waals surface area contributed by atoms with E-state index in [1.54, 1.807) is 30.5 Å². The Morgan fingerprint density at radius 2 is 1.94 bits per heavy atom. The lowest BCUT2D eigenvalue weighted by Gasteiger charge is -2.06. The lowest BCUT2D eigenvalue weighted by molar-refractivity contribution is 0.435. The number of benzene rings is 1. The molecule has 90 valence electrons. The predicted molar refractivity (Wildman–Crippen MR) is 70.1 cm³/mol.